The molecule has 0 saturated heterocycles. The average molecular weight is 324 g/mol. The molecule has 2 aromatic rings. The number of nitrogens with zero attached hydrogens (tertiary/aromatic N) is 2. The lowest BCUT2D eigenvalue weighted by atomic mass is 10.1. The molecule has 2 aromatic heterocycles. The number of aryl methyl sites for hydroxylation is 1. The number of nitrogens with one attached hydrogen (secondary N) is 1. The highest BCUT2D eigenvalue weighted by atomic mass is 35.5. The molecule has 0 radical (unpaired) electrons. The van der Waals surface area contributed by atoms with Crippen molar-refractivity contribution in [2.24, 2.45) is 5.92 Å². The van der Waals surface area contributed by atoms with Gasteiger partial charge >= 0.3 is 0 Å². The Morgan fingerprint density at radius 1 is 1.45 bits per heavy atom. The highest BCUT2D eigenvalue weighted by molar-refractivity contribution is 6.33. The fourth-order valence-electron chi connectivity index (χ4n) is 2.36. The molecule has 2 heterocycles. The van der Waals surface area contributed by atoms with Crippen molar-refractivity contribution in [1.29, 1.82) is 0 Å². The number of aromatic nitrogens is 2. The molecule has 120 valence electrons. The highest BCUT2D eigenvalue weighted by Gasteiger charge is 2.22. The predicted octanol–water partition coefficient (Wildman–Crippen LogP) is 3.45. The van der Waals surface area contributed by atoms with Crippen LogP contribution in [-0.4, -0.2) is 21.7 Å². The Labute approximate surface area is 135 Å². The summed E-state index contributed by atoms with van der Waals surface area (Å²) >= 11 is 6.32. The lowest BCUT2D eigenvalue weighted by molar-refractivity contribution is 0.0938. The van der Waals surface area contributed by atoms with Gasteiger partial charge in [-0.3, -0.25) is 9.48 Å². The van der Waals surface area contributed by atoms with Gasteiger partial charge < -0.3 is 9.73 Å². The van der Waals surface area contributed by atoms with Crippen molar-refractivity contribution in [2.75, 3.05) is 0 Å². The van der Waals surface area contributed by atoms with Gasteiger partial charge in [-0.15, -0.1) is 0 Å². The zero-order valence-electron chi connectivity index (χ0n) is 13.4. The van der Waals surface area contributed by atoms with E-state index in [9.17, 15) is 4.79 Å². The van der Waals surface area contributed by atoms with Crippen LogP contribution in [0.4, 0.5) is 0 Å². The van der Waals surface area contributed by atoms with Crippen LogP contribution < -0.4 is 5.32 Å². The molecule has 0 aliphatic heterocycles. The van der Waals surface area contributed by atoms with E-state index in [1.54, 1.807) is 17.9 Å². The maximum atomic E-state index is 12.4. The van der Waals surface area contributed by atoms with Crippen LogP contribution in [-0.2, 0) is 13.0 Å². The van der Waals surface area contributed by atoms with E-state index in [0.29, 0.717) is 35.3 Å². The largest absolute Gasteiger partial charge is 0.469 e. The first kappa shape index (κ1) is 16.6. The summed E-state index contributed by atoms with van der Waals surface area (Å²) in [7, 11) is 0. The van der Waals surface area contributed by atoms with E-state index in [2.05, 4.69) is 24.3 Å². The van der Waals surface area contributed by atoms with Crippen LogP contribution in [0.2, 0.25) is 5.15 Å². The topological polar surface area (TPSA) is 60.1 Å². The van der Waals surface area contributed by atoms with Crippen LogP contribution in [0.1, 0.15) is 42.6 Å². The van der Waals surface area contributed by atoms with Gasteiger partial charge in [-0.1, -0.05) is 25.4 Å². The smallest absolute Gasteiger partial charge is 0.256 e. The quantitative estimate of drug-likeness (QED) is 0.885. The Bertz CT molecular complexity index is 632. The van der Waals surface area contributed by atoms with Gasteiger partial charge in [0, 0.05) is 19.0 Å². The van der Waals surface area contributed by atoms with Gasteiger partial charge in [0.15, 0.2) is 0 Å². The molecule has 1 N–H and O–H groups in total. The van der Waals surface area contributed by atoms with E-state index in [1.807, 2.05) is 19.1 Å². The van der Waals surface area contributed by atoms with Crippen molar-refractivity contribution in [1.82, 2.24) is 15.1 Å². The fraction of sp³-hybridized carbons (Fsp3) is 0.500. The Morgan fingerprint density at radius 3 is 2.77 bits per heavy atom. The number of rotatable bonds is 6. The molecule has 0 saturated carbocycles. The molecule has 0 aliphatic carbocycles. The highest BCUT2D eigenvalue weighted by Crippen LogP contribution is 2.21. The molecule has 22 heavy (non-hydrogen) atoms. The molecule has 5 nitrogen and oxygen atoms in total. The van der Waals surface area contributed by atoms with E-state index >= 15 is 0 Å². The molecule has 2 rings (SSSR count). The van der Waals surface area contributed by atoms with Gasteiger partial charge in [-0.25, -0.2) is 0 Å². The van der Waals surface area contributed by atoms with Crippen molar-refractivity contribution in [3.63, 3.8) is 0 Å². The maximum Gasteiger partial charge on any atom is 0.256 e. The fourth-order valence-corrected chi connectivity index (χ4v) is 2.68. The third-order valence-corrected chi connectivity index (χ3v) is 3.68. The molecule has 0 aromatic carbocycles. The van der Waals surface area contributed by atoms with Crippen LogP contribution in [0.3, 0.4) is 0 Å². The first-order valence-electron chi connectivity index (χ1n) is 7.44. The molecule has 1 atom stereocenters. The van der Waals surface area contributed by atoms with Crippen molar-refractivity contribution in [3.8, 4) is 0 Å². The van der Waals surface area contributed by atoms with Crippen molar-refractivity contribution in [2.45, 2.75) is 46.7 Å². The van der Waals surface area contributed by atoms with Crippen LogP contribution in [0.25, 0.3) is 0 Å². The Kier molecular flexibility index (Phi) is 5.29. The van der Waals surface area contributed by atoms with Crippen molar-refractivity contribution >= 4 is 17.5 Å². The van der Waals surface area contributed by atoms with E-state index < -0.39 is 0 Å². The van der Waals surface area contributed by atoms with Gasteiger partial charge in [0.2, 0.25) is 0 Å². The van der Waals surface area contributed by atoms with E-state index in [0.717, 1.165) is 5.76 Å². The predicted molar refractivity (Wildman–Crippen MR) is 86.2 cm³/mol. The summed E-state index contributed by atoms with van der Waals surface area (Å²) in [6.45, 7) is 8.59. The standard InChI is InChI=1S/C16H22ClN3O2/c1-10(2)9-20-15(17)14(12(4)19-20)16(21)18-11(3)8-13-6-5-7-22-13/h5-7,10-11H,8-9H2,1-4H3,(H,18,21)/t11-/m0/s1. The van der Waals surface area contributed by atoms with Crippen LogP contribution in [0.5, 0.6) is 0 Å². The van der Waals surface area contributed by atoms with Crippen LogP contribution >= 0.6 is 11.6 Å². The molecule has 1 amide bonds. The summed E-state index contributed by atoms with van der Waals surface area (Å²) < 4.78 is 6.98. The number of carbonyl (C=O) groups excluding carboxylic acids is 1. The lowest BCUT2D eigenvalue weighted by Crippen LogP contribution is -2.34. The molecule has 0 fully saturated rings. The molecule has 0 unspecified atom stereocenters. The summed E-state index contributed by atoms with van der Waals surface area (Å²) in [4.78, 5) is 12.4. The summed E-state index contributed by atoms with van der Waals surface area (Å²) in [6, 6.07) is 3.67. The van der Waals surface area contributed by atoms with Crippen LogP contribution in [0.15, 0.2) is 22.8 Å². The van der Waals surface area contributed by atoms with E-state index in [1.165, 1.54) is 0 Å². The van der Waals surface area contributed by atoms with Gasteiger partial charge in [0.25, 0.3) is 5.91 Å². The Balaban J connectivity index is 2.07. The Morgan fingerprint density at radius 2 is 2.18 bits per heavy atom. The molecule has 0 aliphatic rings. The number of hydrogen-bond acceptors (Lipinski definition) is 3. The molecule has 6 heteroatoms. The molecular formula is C16H22ClN3O2. The molecule has 0 spiro atoms. The second kappa shape index (κ2) is 7.01. The van der Waals surface area contributed by atoms with Crippen molar-refractivity contribution in [3.05, 3.63) is 40.6 Å². The second-order valence-corrected chi connectivity index (χ2v) is 6.34. The number of hydrogen-bond donors (Lipinski definition) is 1. The number of amides is 1. The van der Waals surface area contributed by atoms with Gasteiger partial charge in [0.1, 0.15) is 10.9 Å². The minimum atomic E-state index is -0.198. The molecule has 0 bridgehead atoms. The first-order chi connectivity index (χ1) is 10.4. The minimum absolute atomic E-state index is 0.0532. The zero-order chi connectivity index (χ0) is 16.3. The summed E-state index contributed by atoms with van der Waals surface area (Å²) in [5.41, 5.74) is 1.10. The summed E-state index contributed by atoms with van der Waals surface area (Å²) in [6.07, 6.45) is 2.26. The van der Waals surface area contributed by atoms with Crippen LogP contribution in [0, 0.1) is 12.8 Å². The van der Waals surface area contributed by atoms with Gasteiger partial charge in [0.05, 0.1) is 17.5 Å². The molecular weight excluding hydrogens is 302 g/mol. The lowest BCUT2D eigenvalue weighted by Gasteiger charge is -2.12. The SMILES string of the molecule is Cc1nn(CC(C)C)c(Cl)c1C(=O)N[C@@H](C)Cc1ccco1. The van der Waals surface area contributed by atoms with Crippen molar-refractivity contribution < 1.29 is 9.21 Å². The minimum Gasteiger partial charge on any atom is -0.469 e. The first-order valence-corrected chi connectivity index (χ1v) is 7.82. The normalized spacial score (nSPS) is 12.6. The maximum absolute atomic E-state index is 12.4. The number of carbonyl (C=O) groups is 1. The third kappa shape index (κ3) is 3.91. The number of furan rings is 1. The third-order valence-electron chi connectivity index (χ3n) is 3.30. The summed E-state index contributed by atoms with van der Waals surface area (Å²) in [5, 5.41) is 7.70. The van der Waals surface area contributed by atoms with E-state index in [-0.39, 0.29) is 11.9 Å². The average Bonchev–Trinajstić information content (AvgIpc) is 2.98. The Hall–Kier alpha value is -1.75. The second-order valence-electron chi connectivity index (χ2n) is 5.99. The zero-order valence-corrected chi connectivity index (χ0v) is 14.1. The van der Waals surface area contributed by atoms with Gasteiger partial charge in [-0.2, -0.15) is 5.10 Å². The van der Waals surface area contributed by atoms with E-state index in [4.69, 9.17) is 16.0 Å². The van der Waals surface area contributed by atoms with Gasteiger partial charge in [-0.05, 0) is 31.9 Å². The number of halogens is 1. The monoisotopic (exact) mass is 323 g/mol. The summed E-state index contributed by atoms with van der Waals surface area (Å²) in [5.74, 6) is 1.05.